The zero-order chi connectivity index (χ0) is 16.7. The quantitative estimate of drug-likeness (QED) is 0.425. The summed E-state index contributed by atoms with van der Waals surface area (Å²) in [6, 6.07) is 5.56. The van der Waals surface area contributed by atoms with Crippen molar-refractivity contribution in [3.8, 4) is 0 Å². The number of guanidine groups is 1. The Morgan fingerprint density at radius 2 is 2.22 bits per heavy atom. The minimum absolute atomic E-state index is 0.369. The number of hydrogen-bond donors (Lipinski definition) is 3. The number of nitrogens with zero attached hydrogens (tertiary/aromatic N) is 2. The molecule has 2 heterocycles. The van der Waals surface area contributed by atoms with Crippen molar-refractivity contribution in [1.82, 2.24) is 15.6 Å². The molecule has 1 atom stereocenters. The topological polar surface area (TPSA) is 69.5 Å². The smallest absolute Gasteiger partial charge is 0.191 e. The lowest BCUT2D eigenvalue weighted by atomic mass is 9.99. The third-order valence-corrected chi connectivity index (χ3v) is 4.20. The van der Waals surface area contributed by atoms with E-state index in [-0.39, 0.29) is 0 Å². The SMILES string of the molecule is CCNC(=NCc1ccc(Cl)nc1)NCC(C)(O)c1ccsc1. The monoisotopic (exact) mass is 352 g/mol. The predicted octanol–water partition coefficient (Wildman–Crippen LogP) is 2.76. The molecule has 23 heavy (non-hydrogen) atoms. The fourth-order valence-corrected chi connectivity index (χ4v) is 2.84. The molecule has 0 spiro atoms. The van der Waals surface area contributed by atoms with Crippen molar-refractivity contribution in [3.63, 3.8) is 0 Å². The van der Waals surface area contributed by atoms with Crippen LogP contribution in [0.3, 0.4) is 0 Å². The third-order valence-electron chi connectivity index (χ3n) is 3.30. The Labute approximate surface area is 145 Å². The van der Waals surface area contributed by atoms with Gasteiger partial charge in [0.15, 0.2) is 5.96 Å². The first-order valence-corrected chi connectivity index (χ1v) is 8.71. The average Bonchev–Trinajstić information content (AvgIpc) is 3.07. The van der Waals surface area contributed by atoms with Gasteiger partial charge in [0.2, 0.25) is 0 Å². The Morgan fingerprint density at radius 1 is 1.39 bits per heavy atom. The van der Waals surface area contributed by atoms with Crippen LogP contribution in [0.5, 0.6) is 0 Å². The van der Waals surface area contributed by atoms with E-state index in [1.165, 1.54) is 0 Å². The van der Waals surface area contributed by atoms with Crippen molar-refractivity contribution in [3.05, 3.63) is 51.4 Å². The number of thiophene rings is 1. The van der Waals surface area contributed by atoms with Crippen molar-refractivity contribution >= 4 is 28.9 Å². The summed E-state index contributed by atoms with van der Waals surface area (Å²) >= 11 is 7.34. The second kappa shape index (κ2) is 8.29. The zero-order valence-electron chi connectivity index (χ0n) is 13.2. The molecular formula is C16H21ClN4OS. The molecule has 2 rings (SSSR count). The van der Waals surface area contributed by atoms with E-state index in [9.17, 15) is 5.11 Å². The van der Waals surface area contributed by atoms with Crippen LogP contribution in [0.2, 0.25) is 5.15 Å². The molecule has 1 unspecified atom stereocenters. The summed E-state index contributed by atoms with van der Waals surface area (Å²) in [5, 5.41) is 21.3. The molecular weight excluding hydrogens is 332 g/mol. The number of nitrogens with one attached hydrogen (secondary N) is 2. The van der Waals surface area contributed by atoms with Gasteiger partial charge in [-0.2, -0.15) is 11.3 Å². The minimum atomic E-state index is -0.946. The molecule has 0 aliphatic heterocycles. The summed E-state index contributed by atoms with van der Waals surface area (Å²) in [7, 11) is 0. The molecule has 0 bridgehead atoms. The molecule has 0 saturated carbocycles. The lowest BCUT2D eigenvalue weighted by Gasteiger charge is -2.24. The van der Waals surface area contributed by atoms with E-state index in [0.717, 1.165) is 17.7 Å². The van der Waals surface area contributed by atoms with Crippen LogP contribution in [-0.4, -0.2) is 29.1 Å². The Balaban J connectivity index is 1.97. The first-order chi connectivity index (χ1) is 11.0. The standard InChI is InChI=1S/C16H21ClN4OS/c1-3-18-15(20-9-12-4-5-14(17)19-8-12)21-11-16(2,22)13-6-7-23-10-13/h4-8,10,22H,3,9,11H2,1-2H3,(H2,18,20,21). The first-order valence-electron chi connectivity index (χ1n) is 7.39. The van der Waals surface area contributed by atoms with Gasteiger partial charge in [-0.05, 0) is 47.9 Å². The molecule has 124 valence electrons. The molecule has 2 aromatic heterocycles. The van der Waals surface area contributed by atoms with Crippen molar-refractivity contribution in [2.45, 2.75) is 26.0 Å². The number of aromatic nitrogens is 1. The molecule has 5 nitrogen and oxygen atoms in total. The van der Waals surface area contributed by atoms with Crippen LogP contribution < -0.4 is 10.6 Å². The van der Waals surface area contributed by atoms with Gasteiger partial charge in [0.25, 0.3) is 0 Å². The van der Waals surface area contributed by atoms with E-state index in [2.05, 4.69) is 20.6 Å². The lowest BCUT2D eigenvalue weighted by Crippen LogP contribution is -2.44. The molecule has 0 aliphatic carbocycles. The van der Waals surface area contributed by atoms with Gasteiger partial charge in [-0.15, -0.1) is 0 Å². The van der Waals surface area contributed by atoms with Gasteiger partial charge >= 0.3 is 0 Å². The Morgan fingerprint density at radius 3 is 2.83 bits per heavy atom. The summed E-state index contributed by atoms with van der Waals surface area (Å²) in [4.78, 5) is 8.54. The molecule has 7 heteroatoms. The molecule has 0 amide bonds. The maximum Gasteiger partial charge on any atom is 0.191 e. The summed E-state index contributed by atoms with van der Waals surface area (Å²) in [5.74, 6) is 0.651. The van der Waals surface area contributed by atoms with Crippen molar-refractivity contribution in [1.29, 1.82) is 0 Å². The summed E-state index contributed by atoms with van der Waals surface area (Å²) < 4.78 is 0. The van der Waals surface area contributed by atoms with E-state index in [1.807, 2.05) is 29.8 Å². The van der Waals surface area contributed by atoms with Crippen LogP contribution in [0.15, 0.2) is 40.1 Å². The van der Waals surface area contributed by atoms with Crippen molar-refractivity contribution in [2.75, 3.05) is 13.1 Å². The maximum atomic E-state index is 10.5. The highest BCUT2D eigenvalue weighted by atomic mass is 35.5. The fraction of sp³-hybridized carbons (Fsp3) is 0.375. The molecule has 0 aromatic carbocycles. The van der Waals surface area contributed by atoms with E-state index < -0.39 is 5.60 Å². The van der Waals surface area contributed by atoms with Gasteiger partial charge in [-0.25, -0.2) is 9.98 Å². The minimum Gasteiger partial charge on any atom is -0.384 e. The molecule has 0 fully saturated rings. The highest BCUT2D eigenvalue weighted by Crippen LogP contribution is 2.21. The van der Waals surface area contributed by atoms with Gasteiger partial charge in [-0.1, -0.05) is 17.7 Å². The van der Waals surface area contributed by atoms with E-state index in [1.54, 1.807) is 30.5 Å². The molecule has 0 radical (unpaired) electrons. The Kier molecular flexibility index (Phi) is 6.38. The number of rotatable bonds is 6. The largest absolute Gasteiger partial charge is 0.384 e. The van der Waals surface area contributed by atoms with Gasteiger partial charge in [0, 0.05) is 12.7 Å². The van der Waals surface area contributed by atoms with Crippen molar-refractivity contribution in [2.24, 2.45) is 4.99 Å². The normalized spacial score (nSPS) is 14.3. The second-order valence-corrected chi connectivity index (χ2v) is 6.49. The number of hydrogen-bond acceptors (Lipinski definition) is 4. The highest BCUT2D eigenvalue weighted by Gasteiger charge is 2.23. The molecule has 0 aliphatic rings. The zero-order valence-corrected chi connectivity index (χ0v) is 14.8. The van der Waals surface area contributed by atoms with Gasteiger partial charge < -0.3 is 15.7 Å². The summed E-state index contributed by atoms with van der Waals surface area (Å²) in [5.41, 5.74) is 0.918. The summed E-state index contributed by atoms with van der Waals surface area (Å²) in [6.07, 6.45) is 1.71. The van der Waals surface area contributed by atoms with Crippen molar-refractivity contribution < 1.29 is 5.11 Å². The number of aliphatic hydroxyl groups is 1. The van der Waals surface area contributed by atoms with E-state index in [0.29, 0.717) is 24.2 Å². The summed E-state index contributed by atoms with van der Waals surface area (Å²) in [6.45, 7) is 5.38. The third kappa shape index (κ3) is 5.49. The Bertz CT molecular complexity index is 626. The van der Waals surface area contributed by atoms with E-state index in [4.69, 9.17) is 11.6 Å². The maximum absolute atomic E-state index is 10.5. The predicted molar refractivity (Wildman–Crippen MR) is 96.0 cm³/mol. The average molecular weight is 353 g/mol. The number of halogens is 1. The van der Waals surface area contributed by atoms with Crippen LogP contribution >= 0.6 is 22.9 Å². The number of pyridine rings is 1. The lowest BCUT2D eigenvalue weighted by molar-refractivity contribution is 0.0621. The van der Waals surface area contributed by atoms with E-state index >= 15 is 0 Å². The molecule has 2 aromatic rings. The van der Waals surface area contributed by atoms with Crippen LogP contribution in [0.25, 0.3) is 0 Å². The van der Waals surface area contributed by atoms with Crippen LogP contribution in [0, 0.1) is 0 Å². The van der Waals surface area contributed by atoms with Gasteiger partial charge in [0.05, 0.1) is 13.1 Å². The molecule has 0 saturated heterocycles. The fourth-order valence-electron chi connectivity index (χ4n) is 1.94. The van der Waals surface area contributed by atoms with Crippen LogP contribution in [0.1, 0.15) is 25.0 Å². The van der Waals surface area contributed by atoms with Gasteiger partial charge in [-0.3, -0.25) is 0 Å². The molecule has 3 N–H and O–H groups in total. The first kappa shape index (κ1) is 17.7. The van der Waals surface area contributed by atoms with Crippen LogP contribution in [0.4, 0.5) is 0 Å². The Hall–Kier alpha value is -1.63. The van der Waals surface area contributed by atoms with Crippen LogP contribution in [-0.2, 0) is 12.1 Å². The second-order valence-electron chi connectivity index (χ2n) is 5.32. The number of aliphatic imine (C=N–C) groups is 1. The van der Waals surface area contributed by atoms with Gasteiger partial charge in [0.1, 0.15) is 10.8 Å². The highest BCUT2D eigenvalue weighted by molar-refractivity contribution is 7.08.